The summed E-state index contributed by atoms with van der Waals surface area (Å²) in [4.78, 5) is 2.35. The molecule has 1 aromatic rings. The van der Waals surface area contributed by atoms with Crippen molar-refractivity contribution in [2.75, 3.05) is 27.3 Å². The van der Waals surface area contributed by atoms with Crippen molar-refractivity contribution < 1.29 is 9.47 Å². The Morgan fingerprint density at radius 1 is 1.12 bits per heavy atom. The highest BCUT2D eigenvalue weighted by molar-refractivity contribution is 5.14. The molecule has 1 aromatic carbocycles. The normalized spacial score (nSPS) is 11.4. The quantitative estimate of drug-likeness (QED) is 0.648. The van der Waals surface area contributed by atoms with Crippen LogP contribution < -0.4 is 0 Å². The molecule has 0 saturated heterocycles. The summed E-state index contributed by atoms with van der Waals surface area (Å²) >= 11 is 0. The third-order valence-electron chi connectivity index (χ3n) is 2.72. The molecular formula is C14H23NO2. The number of nitrogens with zero attached hydrogens (tertiary/aromatic N) is 1. The molecule has 0 atom stereocenters. The van der Waals surface area contributed by atoms with Crippen molar-refractivity contribution in [3.8, 4) is 0 Å². The molecule has 0 saturated carbocycles. The van der Waals surface area contributed by atoms with Gasteiger partial charge >= 0.3 is 0 Å². The number of benzene rings is 1. The Morgan fingerprint density at radius 3 is 2.29 bits per heavy atom. The average molecular weight is 237 g/mol. The topological polar surface area (TPSA) is 21.7 Å². The van der Waals surface area contributed by atoms with Gasteiger partial charge in [0.05, 0.1) is 0 Å². The van der Waals surface area contributed by atoms with Crippen molar-refractivity contribution in [3.05, 3.63) is 35.9 Å². The molecule has 96 valence electrons. The van der Waals surface area contributed by atoms with E-state index in [0.29, 0.717) is 0 Å². The highest BCUT2D eigenvalue weighted by atomic mass is 16.7. The van der Waals surface area contributed by atoms with Crippen molar-refractivity contribution in [3.63, 3.8) is 0 Å². The molecule has 3 heteroatoms. The molecule has 0 aliphatic carbocycles. The van der Waals surface area contributed by atoms with Crippen molar-refractivity contribution >= 4 is 0 Å². The van der Waals surface area contributed by atoms with Gasteiger partial charge in [0, 0.05) is 27.3 Å². The van der Waals surface area contributed by atoms with E-state index < -0.39 is 0 Å². The van der Waals surface area contributed by atoms with Crippen molar-refractivity contribution in [1.82, 2.24) is 4.90 Å². The molecule has 0 aliphatic rings. The molecule has 0 aliphatic heterocycles. The molecule has 0 fully saturated rings. The van der Waals surface area contributed by atoms with Crippen LogP contribution >= 0.6 is 0 Å². The summed E-state index contributed by atoms with van der Waals surface area (Å²) in [7, 11) is 3.36. The second-order valence-electron chi connectivity index (χ2n) is 4.12. The van der Waals surface area contributed by atoms with Gasteiger partial charge in [0.15, 0.2) is 6.29 Å². The van der Waals surface area contributed by atoms with Crippen LogP contribution in [0.25, 0.3) is 0 Å². The van der Waals surface area contributed by atoms with Crippen molar-refractivity contribution in [2.24, 2.45) is 0 Å². The van der Waals surface area contributed by atoms with E-state index >= 15 is 0 Å². The van der Waals surface area contributed by atoms with E-state index in [1.807, 2.05) is 6.07 Å². The third kappa shape index (κ3) is 5.31. The molecule has 0 unspecified atom stereocenters. The SMILES string of the molecule is CCCN(Cc1ccccc1)CC(OC)OC. The Balaban J connectivity index is 2.53. The van der Waals surface area contributed by atoms with Gasteiger partial charge in [0.2, 0.25) is 0 Å². The van der Waals surface area contributed by atoms with Crippen molar-refractivity contribution in [2.45, 2.75) is 26.2 Å². The number of ether oxygens (including phenoxy) is 2. The van der Waals surface area contributed by atoms with Crippen LogP contribution in [0.4, 0.5) is 0 Å². The minimum atomic E-state index is -0.148. The van der Waals surface area contributed by atoms with Gasteiger partial charge in [-0.3, -0.25) is 4.90 Å². The summed E-state index contributed by atoms with van der Waals surface area (Å²) in [5, 5.41) is 0. The standard InChI is InChI=1S/C14H23NO2/c1-4-10-15(12-14(16-2)17-3)11-13-8-6-5-7-9-13/h5-9,14H,4,10-12H2,1-3H3. The highest BCUT2D eigenvalue weighted by Crippen LogP contribution is 2.07. The second-order valence-corrected chi connectivity index (χ2v) is 4.12. The van der Waals surface area contributed by atoms with Crippen LogP contribution in [0.5, 0.6) is 0 Å². The fraction of sp³-hybridized carbons (Fsp3) is 0.571. The summed E-state index contributed by atoms with van der Waals surface area (Å²) in [6.45, 7) is 4.98. The first-order chi connectivity index (χ1) is 8.30. The van der Waals surface area contributed by atoms with Crippen LogP contribution in [0.15, 0.2) is 30.3 Å². The zero-order chi connectivity index (χ0) is 12.5. The average Bonchev–Trinajstić information content (AvgIpc) is 2.37. The minimum absolute atomic E-state index is 0.148. The maximum absolute atomic E-state index is 5.25. The van der Waals surface area contributed by atoms with E-state index in [9.17, 15) is 0 Å². The number of hydrogen-bond donors (Lipinski definition) is 0. The Labute approximate surface area is 104 Å². The molecule has 0 heterocycles. The number of hydrogen-bond acceptors (Lipinski definition) is 3. The van der Waals surface area contributed by atoms with Gasteiger partial charge in [0.25, 0.3) is 0 Å². The molecular weight excluding hydrogens is 214 g/mol. The van der Waals surface area contributed by atoms with Gasteiger partial charge in [-0.05, 0) is 18.5 Å². The summed E-state index contributed by atoms with van der Waals surface area (Å²) in [6.07, 6.45) is 0.984. The Morgan fingerprint density at radius 2 is 1.76 bits per heavy atom. The second kappa shape index (κ2) is 8.23. The lowest BCUT2D eigenvalue weighted by atomic mass is 10.2. The van der Waals surface area contributed by atoms with Gasteiger partial charge in [-0.15, -0.1) is 0 Å². The molecule has 17 heavy (non-hydrogen) atoms. The molecule has 0 radical (unpaired) electrons. The summed E-state index contributed by atoms with van der Waals surface area (Å²) < 4.78 is 10.5. The van der Waals surface area contributed by atoms with E-state index in [0.717, 1.165) is 26.1 Å². The van der Waals surface area contributed by atoms with E-state index in [1.54, 1.807) is 14.2 Å². The molecule has 3 nitrogen and oxygen atoms in total. The Bertz CT molecular complexity index is 286. The largest absolute Gasteiger partial charge is 0.355 e. The molecule has 0 N–H and O–H groups in total. The van der Waals surface area contributed by atoms with Crippen LogP contribution in [0.3, 0.4) is 0 Å². The molecule has 0 aromatic heterocycles. The molecule has 0 bridgehead atoms. The maximum atomic E-state index is 5.25. The number of methoxy groups -OCH3 is 2. The van der Waals surface area contributed by atoms with Gasteiger partial charge in [-0.2, -0.15) is 0 Å². The fourth-order valence-electron chi connectivity index (χ4n) is 1.85. The minimum Gasteiger partial charge on any atom is -0.355 e. The lowest BCUT2D eigenvalue weighted by molar-refractivity contribution is -0.117. The fourth-order valence-corrected chi connectivity index (χ4v) is 1.85. The molecule has 1 rings (SSSR count). The van der Waals surface area contributed by atoms with Gasteiger partial charge in [-0.1, -0.05) is 37.3 Å². The summed E-state index contributed by atoms with van der Waals surface area (Å²) in [5.74, 6) is 0. The lowest BCUT2D eigenvalue weighted by Gasteiger charge is -2.25. The van der Waals surface area contributed by atoms with Crippen LogP contribution in [-0.4, -0.2) is 38.5 Å². The first kappa shape index (κ1) is 14.2. The smallest absolute Gasteiger partial charge is 0.169 e. The van der Waals surface area contributed by atoms with Gasteiger partial charge in [-0.25, -0.2) is 0 Å². The van der Waals surface area contributed by atoms with Crippen LogP contribution in [0, 0.1) is 0 Å². The van der Waals surface area contributed by atoms with E-state index in [-0.39, 0.29) is 6.29 Å². The summed E-state index contributed by atoms with van der Waals surface area (Å²) in [6, 6.07) is 10.5. The molecule has 0 spiro atoms. The predicted octanol–water partition coefficient (Wildman–Crippen LogP) is 2.52. The van der Waals surface area contributed by atoms with Gasteiger partial charge in [0.1, 0.15) is 0 Å². The van der Waals surface area contributed by atoms with Crippen LogP contribution in [0.2, 0.25) is 0 Å². The van der Waals surface area contributed by atoms with Gasteiger partial charge < -0.3 is 9.47 Å². The van der Waals surface area contributed by atoms with Crippen LogP contribution in [-0.2, 0) is 16.0 Å². The van der Waals surface area contributed by atoms with E-state index in [2.05, 4.69) is 36.1 Å². The monoisotopic (exact) mass is 237 g/mol. The highest BCUT2D eigenvalue weighted by Gasteiger charge is 2.12. The zero-order valence-corrected chi connectivity index (χ0v) is 11.1. The lowest BCUT2D eigenvalue weighted by Crippen LogP contribution is -2.34. The Hall–Kier alpha value is -0.900. The maximum Gasteiger partial charge on any atom is 0.169 e. The third-order valence-corrected chi connectivity index (χ3v) is 2.72. The number of rotatable bonds is 8. The predicted molar refractivity (Wildman–Crippen MR) is 69.8 cm³/mol. The van der Waals surface area contributed by atoms with E-state index in [1.165, 1.54) is 5.56 Å². The van der Waals surface area contributed by atoms with E-state index in [4.69, 9.17) is 9.47 Å². The first-order valence-electron chi connectivity index (χ1n) is 6.12. The van der Waals surface area contributed by atoms with Crippen molar-refractivity contribution in [1.29, 1.82) is 0 Å². The zero-order valence-electron chi connectivity index (χ0n) is 11.1. The molecule has 0 amide bonds. The van der Waals surface area contributed by atoms with Crippen LogP contribution in [0.1, 0.15) is 18.9 Å². The first-order valence-corrected chi connectivity index (χ1v) is 6.12. The summed E-state index contributed by atoms with van der Waals surface area (Å²) in [5.41, 5.74) is 1.33. The Kier molecular flexibility index (Phi) is 6.86.